The van der Waals surface area contributed by atoms with Gasteiger partial charge >= 0.3 is 0 Å². The Bertz CT molecular complexity index is 365. The van der Waals surface area contributed by atoms with E-state index in [4.69, 9.17) is 0 Å². The van der Waals surface area contributed by atoms with Gasteiger partial charge in [0.15, 0.2) is 0 Å². The summed E-state index contributed by atoms with van der Waals surface area (Å²) in [7, 11) is 0. The normalized spacial score (nSPS) is 27.9. The summed E-state index contributed by atoms with van der Waals surface area (Å²) in [6, 6.07) is 9.44. The molecule has 3 rings (SSSR count). The lowest BCUT2D eigenvalue weighted by Crippen LogP contribution is -2.35. The highest BCUT2D eigenvalue weighted by atomic mass is 79.9. The van der Waals surface area contributed by atoms with Crippen molar-refractivity contribution < 1.29 is 0 Å². The van der Waals surface area contributed by atoms with Gasteiger partial charge in [-0.2, -0.15) is 0 Å². The zero-order chi connectivity index (χ0) is 10.3. The summed E-state index contributed by atoms with van der Waals surface area (Å²) >= 11 is 3.69. The standard InChI is InChI=1S/C13H16BrN/c14-11-5-2-1-4-10(11)13(7-8-13)12-6-3-9-15-12/h1-2,4-5,12,15H,3,6-9H2. The Morgan fingerprint density at radius 2 is 2.07 bits per heavy atom. The van der Waals surface area contributed by atoms with Crippen molar-refractivity contribution in [3.05, 3.63) is 34.3 Å². The molecule has 0 amide bonds. The summed E-state index contributed by atoms with van der Waals surface area (Å²) in [4.78, 5) is 0. The molecule has 1 unspecified atom stereocenters. The van der Waals surface area contributed by atoms with Gasteiger partial charge < -0.3 is 5.32 Å². The molecule has 1 nitrogen and oxygen atoms in total. The molecule has 0 aromatic heterocycles. The first-order valence-corrected chi connectivity index (χ1v) is 6.61. The maximum absolute atomic E-state index is 3.69. The van der Waals surface area contributed by atoms with Crippen molar-refractivity contribution in [1.29, 1.82) is 0 Å². The van der Waals surface area contributed by atoms with Crippen molar-refractivity contribution in [2.45, 2.75) is 37.1 Å². The highest BCUT2D eigenvalue weighted by molar-refractivity contribution is 9.10. The van der Waals surface area contributed by atoms with Gasteiger partial charge in [0.25, 0.3) is 0 Å². The van der Waals surface area contributed by atoms with Crippen LogP contribution in [-0.4, -0.2) is 12.6 Å². The number of rotatable bonds is 2. The minimum atomic E-state index is 0.455. The van der Waals surface area contributed by atoms with Crippen molar-refractivity contribution >= 4 is 15.9 Å². The predicted molar refractivity (Wildman–Crippen MR) is 66.1 cm³/mol. The fourth-order valence-corrected chi connectivity index (χ4v) is 3.64. The molecule has 15 heavy (non-hydrogen) atoms. The lowest BCUT2D eigenvalue weighted by molar-refractivity contribution is 0.471. The van der Waals surface area contributed by atoms with Gasteiger partial charge in [0, 0.05) is 15.9 Å². The van der Waals surface area contributed by atoms with E-state index in [0.717, 1.165) is 6.04 Å². The zero-order valence-electron chi connectivity index (χ0n) is 8.80. The second kappa shape index (κ2) is 3.60. The van der Waals surface area contributed by atoms with Crippen molar-refractivity contribution in [3.8, 4) is 0 Å². The van der Waals surface area contributed by atoms with E-state index in [1.54, 1.807) is 0 Å². The van der Waals surface area contributed by atoms with Gasteiger partial charge in [-0.15, -0.1) is 0 Å². The van der Waals surface area contributed by atoms with Crippen LogP contribution in [0, 0.1) is 0 Å². The maximum Gasteiger partial charge on any atom is 0.0213 e. The van der Waals surface area contributed by atoms with Gasteiger partial charge in [0.1, 0.15) is 0 Å². The lowest BCUT2D eigenvalue weighted by Gasteiger charge is -2.24. The zero-order valence-corrected chi connectivity index (χ0v) is 10.4. The molecule has 1 saturated heterocycles. The molecule has 2 heteroatoms. The van der Waals surface area contributed by atoms with Crippen molar-refractivity contribution in [3.63, 3.8) is 0 Å². The Labute approximate surface area is 99.4 Å². The largest absolute Gasteiger partial charge is 0.313 e. The Morgan fingerprint density at radius 3 is 2.67 bits per heavy atom. The Morgan fingerprint density at radius 1 is 1.27 bits per heavy atom. The molecular weight excluding hydrogens is 250 g/mol. The quantitative estimate of drug-likeness (QED) is 0.866. The van der Waals surface area contributed by atoms with Crippen LogP contribution in [0.25, 0.3) is 0 Å². The van der Waals surface area contributed by atoms with Gasteiger partial charge in [-0.3, -0.25) is 0 Å². The fourth-order valence-electron chi connectivity index (χ4n) is 2.96. The van der Waals surface area contributed by atoms with Crippen LogP contribution in [0.5, 0.6) is 0 Å². The summed E-state index contributed by atoms with van der Waals surface area (Å²) in [5.41, 5.74) is 1.97. The summed E-state index contributed by atoms with van der Waals surface area (Å²) < 4.78 is 1.29. The summed E-state index contributed by atoms with van der Waals surface area (Å²) in [5, 5.41) is 3.66. The molecule has 0 spiro atoms. The average Bonchev–Trinajstić information content (AvgIpc) is 2.87. The van der Waals surface area contributed by atoms with Crippen molar-refractivity contribution in [2.24, 2.45) is 0 Å². The highest BCUT2D eigenvalue weighted by Crippen LogP contribution is 2.54. The van der Waals surface area contributed by atoms with E-state index in [1.807, 2.05) is 0 Å². The van der Waals surface area contributed by atoms with Gasteiger partial charge in [0.05, 0.1) is 0 Å². The third kappa shape index (κ3) is 1.55. The van der Waals surface area contributed by atoms with E-state index < -0.39 is 0 Å². The Balaban J connectivity index is 1.95. The SMILES string of the molecule is Brc1ccccc1C1(C2CCCN2)CC1. The van der Waals surface area contributed by atoms with E-state index in [1.165, 1.54) is 42.3 Å². The first kappa shape index (κ1) is 9.86. The van der Waals surface area contributed by atoms with Crippen LogP contribution in [0.2, 0.25) is 0 Å². The minimum Gasteiger partial charge on any atom is -0.313 e. The highest BCUT2D eigenvalue weighted by Gasteiger charge is 2.51. The van der Waals surface area contributed by atoms with E-state index in [-0.39, 0.29) is 0 Å². The molecule has 0 radical (unpaired) electrons. The average molecular weight is 266 g/mol. The smallest absolute Gasteiger partial charge is 0.0213 e. The van der Waals surface area contributed by atoms with E-state index in [9.17, 15) is 0 Å². The molecule has 1 aliphatic carbocycles. The van der Waals surface area contributed by atoms with E-state index >= 15 is 0 Å². The van der Waals surface area contributed by atoms with Crippen LogP contribution in [0.4, 0.5) is 0 Å². The third-order valence-corrected chi connectivity index (χ3v) is 4.62. The summed E-state index contributed by atoms with van der Waals surface area (Å²) in [6.07, 6.45) is 5.40. The molecule has 0 bridgehead atoms. The van der Waals surface area contributed by atoms with Crippen molar-refractivity contribution in [2.75, 3.05) is 6.54 Å². The molecule has 1 heterocycles. The van der Waals surface area contributed by atoms with Crippen LogP contribution in [0.3, 0.4) is 0 Å². The Hall–Kier alpha value is -0.340. The first-order valence-electron chi connectivity index (χ1n) is 5.81. The first-order chi connectivity index (χ1) is 7.33. The van der Waals surface area contributed by atoms with Crippen LogP contribution in [0.1, 0.15) is 31.2 Å². The van der Waals surface area contributed by atoms with Crippen LogP contribution in [-0.2, 0) is 5.41 Å². The molecule has 2 fully saturated rings. The van der Waals surface area contributed by atoms with Crippen LogP contribution >= 0.6 is 15.9 Å². The fraction of sp³-hybridized carbons (Fsp3) is 0.538. The Kier molecular flexibility index (Phi) is 2.37. The number of nitrogens with one attached hydrogen (secondary N) is 1. The number of hydrogen-bond acceptors (Lipinski definition) is 1. The second-order valence-corrected chi connectivity index (χ2v) is 5.64. The number of benzene rings is 1. The topological polar surface area (TPSA) is 12.0 Å². The van der Waals surface area contributed by atoms with Crippen LogP contribution < -0.4 is 5.32 Å². The molecular formula is C13H16BrN. The lowest BCUT2D eigenvalue weighted by atomic mass is 9.87. The van der Waals surface area contributed by atoms with Gasteiger partial charge in [-0.05, 0) is 43.9 Å². The molecule has 80 valence electrons. The van der Waals surface area contributed by atoms with E-state index in [2.05, 4.69) is 45.5 Å². The molecule has 2 aliphatic rings. The van der Waals surface area contributed by atoms with Gasteiger partial charge in [0.2, 0.25) is 0 Å². The van der Waals surface area contributed by atoms with Crippen LogP contribution in [0.15, 0.2) is 28.7 Å². The predicted octanol–water partition coefficient (Wildman–Crippen LogP) is 3.23. The molecule has 1 atom stereocenters. The van der Waals surface area contributed by atoms with Gasteiger partial charge in [-0.1, -0.05) is 34.1 Å². The van der Waals surface area contributed by atoms with E-state index in [0.29, 0.717) is 5.41 Å². The molecule has 1 aliphatic heterocycles. The molecule has 1 N–H and O–H groups in total. The third-order valence-electron chi connectivity index (χ3n) is 3.93. The van der Waals surface area contributed by atoms with Crippen molar-refractivity contribution in [1.82, 2.24) is 5.32 Å². The second-order valence-electron chi connectivity index (χ2n) is 4.78. The molecule has 1 saturated carbocycles. The monoisotopic (exact) mass is 265 g/mol. The number of halogens is 1. The van der Waals surface area contributed by atoms with Gasteiger partial charge in [-0.25, -0.2) is 0 Å². The summed E-state index contributed by atoms with van der Waals surface area (Å²) in [6.45, 7) is 1.21. The summed E-state index contributed by atoms with van der Waals surface area (Å²) in [5.74, 6) is 0. The number of hydrogen-bond donors (Lipinski definition) is 1. The minimum absolute atomic E-state index is 0.455. The molecule has 1 aromatic rings. The maximum atomic E-state index is 3.69. The molecule has 1 aromatic carbocycles.